The molecule has 1 saturated heterocycles. The van der Waals surface area contributed by atoms with Gasteiger partial charge >= 0.3 is 0 Å². The number of nitrogens with zero attached hydrogens (tertiary/aromatic N) is 2. The van der Waals surface area contributed by atoms with E-state index in [-0.39, 0.29) is 36.2 Å². The number of fused-ring (bicyclic) bond motifs is 1. The zero-order valence-corrected chi connectivity index (χ0v) is 19.4. The Morgan fingerprint density at radius 2 is 1.91 bits per heavy atom. The number of amides is 2. The van der Waals surface area contributed by atoms with E-state index in [0.29, 0.717) is 36.7 Å². The predicted octanol–water partition coefficient (Wildman–Crippen LogP) is 1.88. The zero-order chi connectivity index (χ0) is 23.6. The maximum Gasteiger partial charge on any atom is 0.265 e. The molecular formula is C23H27N3O6S. The van der Waals surface area contributed by atoms with Crippen LogP contribution in [0.2, 0.25) is 0 Å². The molecule has 2 heterocycles. The minimum atomic E-state index is -3.78. The summed E-state index contributed by atoms with van der Waals surface area (Å²) in [5, 5.41) is 2.72. The van der Waals surface area contributed by atoms with E-state index in [0.717, 1.165) is 5.56 Å². The Labute approximate surface area is 193 Å². The summed E-state index contributed by atoms with van der Waals surface area (Å²) >= 11 is 0. The number of hydrogen-bond donors (Lipinski definition) is 1. The van der Waals surface area contributed by atoms with Gasteiger partial charge in [-0.1, -0.05) is 19.1 Å². The highest BCUT2D eigenvalue weighted by atomic mass is 32.2. The number of benzene rings is 2. The summed E-state index contributed by atoms with van der Waals surface area (Å²) in [7, 11) is -2.20. The number of nitrogens with one attached hydrogen (secondary N) is 1. The van der Waals surface area contributed by atoms with Crippen molar-refractivity contribution in [3.63, 3.8) is 0 Å². The van der Waals surface area contributed by atoms with Crippen LogP contribution in [0.25, 0.3) is 0 Å². The minimum Gasteiger partial charge on any atom is -0.497 e. The van der Waals surface area contributed by atoms with Crippen molar-refractivity contribution in [1.29, 1.82) is 0 Å². The molecule has 2 aliphatic rings. The first-order valence-corrected chi connectivity index (χ1v) is 12.3. The Morgan fingerprint density at radius 1 is 1.15 bits per heavy atom. The SMILES string of the molecule is CC[C@H]1Oc2ccc(S(=O)(=O)N3CCN(C(=O)Cc4cccc(OC)c4)CC3)cc2NC1=O. The Bertz CT molecular complexity index is 1160. The van der Waals surface area contributed by atoms with E-state index < -0.39 is 16.1 Å². The molecule has 0 unspecified atom stereocenters. The van der Waals surface area contributed by atoms with Crippen LogP contribution < -0.4 is 14.8 Å². The highest BCUT2D eigenvalue weighted by molar-refractivity contribution is 7.89. The second-order valence-electron chi connectivity index (χ2n) is 7.98. The monoisotopic (exact) mass is 473 g/mol. The molecule has 0 bridgehead atoms. The fourth-order valence-electron chi connectivity index (χ4n) is 3.95. The number of sulfonamides is 1. The van der Waals surface area contributed by atoms with Gasteiger partial charge in [0.1, 0.15) is 11.5 Å². The number of rotatable bonds is 6. The van der Waals surface area contributed by atoms with Crippen molar-refractivity contribution in [2.45, 2.75) is 30.8 Å². The Kier molecular flexibility index (Phi) is 6.57. The van der Waals surface area contributed by atoms with Gasteiger partial charge in [-0.3, -0.25) is 9.59 Å². The molecule has 0 spiro atoms. The Hall–Kier alpha value is -3.11. The maximum atomic E-state index is 13.2. The summed E-state index contributed by atoms with van der Waals surface area (Å²) in [6.07, 6.45) is 0.168. The van der Waals surface area contributed by atoms with Crippen LogP contribution in [0.5, 0.6) is 11.5 Å². The third-order valence-corrected chi connectivity index (χ3v) is 7.75. The highest BCUT2D eigenvalue weighted by Gasteiger charge is 2.32. The van der Waals surface area contributed by atoms with Gasteiger partial charge in [0, 0.05) is 26.2 Å². The molecule has 2 aromatic rings. The standard InChI is InChI=1S/C23H27N3O6S/c1-3-20-23(28)24-19-15-18(7-8-21(19)32-20)33(29,30)26-11-9-25(10-12-26)22(27)14-16-5-4-6-17(13-16)31-2/h4-8,13,15,20H,3,9-12,14H2,1-2H3,(H,24,28)/t20-/m1/s1. The van der Waals surface area contributed by atoms with Crippen LogP contribution in [-0.4, -0.2) is 68.8 Å². The van der Waals surface area contributed by atoms with Crippen molar-refractivity contribution in [3.05, 3.63) is 48.0 Å². The van der Waals surface area contributed by atoms with Crippen molar-refractivity contribution in [3.8, 4) is 11.5 Å². The van der Waals surface area contributed by atoms with Crippen LogP contribution in [0.4, 0.5) is 5.69 Å². The van der Waals surface area contributed by atoms with Crippen LogP contribution in [0, 0.1) is 0 Å². The second kappa shape index (κ2) is 9.40. The quantitative estimate of drug-likeness (QED) is 0.687. The molecule has 2 amide bonds. The average molecular weight is 474 g/mol. The van der Waals surface area contributed by atoms with E-state index in [1.54, 1.807) is 18.1 Å². The third-order valence-electron chi connectivity index (χ3n) is 5.86. The summed E-state index contributed by atoms with van der Waals surface area (Å²) in [5.74, 6) is 0.795. The highest BCUT2D eigenvalue weighted by Crippen LogP contribution is 2.33. The van der Waals surface area contributed by atoms with Crippen LogP contribution in [0.3, 0.4) is 0 Å². The molecule has 1 atom stereocenters. The first-order chi connectivity index (χ1) is 15.8. The van der Waals surface area contributed by atoms with E-state index in [1.807, 2.05) is 31.2 Å². The van der Waals surface area contributed by atoms with Crippen molar-refractivity contribution < 1.29 is 27.5 Å². The molecular weight excluding hydrogens is 446 g/mol. The van der Waals surface area contributed by atoms with Gasteiger partial charge in [-0.2, -0.15) is 4.31 Å². The number of anilines is 1. The van der Waals surface area contributed by atoms with Gasteiger partial charge in [-0.05, 0) is 42.3 Å². The van der Waals surface area contributed by atoms with Crippen molar-refractivity contribution in [1.82, 2.24) is 9.21 Å². The lowest BCUT2D eigenvalue weighted by molar-refractivity contribution is -0.131. The van der Waals surface area contributed by atoms with Crippen LogP contribution >= 0.6 is 0 Å². The van der Waals surface area contributed by atoms with Gasteiger partial charge < -0.3 is 19.7 Å². The zero-order valence-electron chi connectivity index (χ0n) is 18.6. The third kappa shape index (κ3) is 4.81. The van der Waals surface area contributed by atoms with Gasteiger partial charge in [-0.25, -0.2) is 8.42 Å². The molecule has 1 fully saturated rings. The van der Waals surface area contributed by atoms with E-state index in [2.05, 4.69) is 5.32 Å². The summed E-state index contributed by atoms with van der Waals surface area (Å²) < 4.78 is 38.5. The van der Waals surface area contributed by atoms with E-state index in [1.165, 1.54) is 16.4 Å². The number of methoxy groups -OCH3 is 1. The van der Waals surface area contributed by atoms with E-state index >= 15 is 0 Å². The van der Waals surface area contributed by atoms with Gasteiger partial charge in [0.25, 0.3) is 5.91 Å². The van der Waals surface area contributed by atoms with Gasteiger partial charge in [0.2, 0.25) is 15.9 Å². The van der Waals surface area contributed by atoms with Crippen molar-refractivity contribution >= 4 is 27.5 Å². The van der Waals surface area contributed by atoms with Crippen LogP contribution in [0.1, 0.15) is 18.9 Å². The molecule has 1 N–H and O–H groups in total. The molecule has 10 heteroatoms. The number of carbonyl (C=O) groups excluding carboxylic acids is 2. The molecule has 176 valence electrons. The summed E-state index contributed by atoms with van der Waals surface area (Å²) in [5.41, 5.74) is 1.19. The maximum absolute atomic E-state index is 13.2. The fraction of sp³-hybridized carbons (Fsp3) is 0.391. The minimum absolute atomic E-state index is 0.0561. The largest absolute Gasteiger partial charge is 0.497 e. The molecule has 2 aromatic carbocycles. The first-order valence-electron chi connectivity index (χ1n) is 10.8. The van der Waals surface area contributed by atoms with Gasteiger partial charge in [0.15, 0.2) is 6.10 Å². The number of hydrogen-bond acceptors (Lipinski definition) is 6. The number of piperazine rings is 1. The molecule has 33 heavy (non-hydrogen) atoms. The molecule has 0 radical (unpaired) electrons. The number of ether oxygens (including phenoxy) is 2. The smallest absolute Gasteiger partial charge is 0.265 e. The molecule has 0 aromatic heterocycles. The lowest BCUT2D eigenvalue weighted by Crippen LogP contribution is -2.50. The molecule has 9 nitrogen and oxygen atoms in total. The predicted molar refractivity (Wildman–Crippen MR) is 122 cm³/mol. The summed E-state index contributed by atoms with van der Waals surface area (Å²) in [6, 6.07) is 11.8. The van der Waals surface area contributed by atoms with Gasteiger partial charge in [0.05, 0.1) is 24.1 Å². The number of carbonyl (C=O) groups is 2. The van der Waals surface area contributed by atoms with Crippen LogP contribution in [0.15, 0.2) is 47.4 Å². The van der Waals surface area contributed by atoms with E-state index in [9.17, 15) is 18.0 Å². The van der Waals surface area contributed by atoms with Crippen molar-refractivity contribution in [2.75, 3.05) is 38.6 Å². The summed E-state index contributed by atoms with van der Waals surface area (Å²) in [6.45, 7) is 2.86. The lowest BCUT2D eigenvalue weighted by atomic mass is 10.1. The van der Waals surface area contributed by atoms with Crippen LogP contribution in [-0.2, 0) is 26.0 Å². The molecule has 0 saturated carbocycles. The Balaban J connectivity index is 1.40. The molecule has 0 aliphatic carbocycles. The fourth-order valence-corrected chi connectivity index (χ4v) is 5.40. The Morgan fingerprint density at radius 3 is 2.61 bits per heavy atom. The van der Waals surface area contributed by atoms with E-state index in [4.69, 9.17) is 9.47 Å². The topological polar surface area (TPSA) is 105 Å². The summed E-state index contributed by atoms with van der Waals surface area (Å²) in [4.78, 5) is 26.5. The second-order valence-corrected chi connectivity index (χ2v) is 9.91. The molecule has 4 rings (SSSR count). The molecule has 2 aliphatic heterocycles. The first kappa shape index (κ1) is 23.1. The average Bonchev–Trinajstić information content (AvgIpc) is 2.83. The lowest BCUT2D eigenvalue weighted by Gasteiger charge is -2.34. The normalized spacial score (nSPS) is 18.8. The van der Waals surface area contributed by atoms with Crippen molar-refractivity contribution in [2.24, 2.45) is 0 Å². The van der Waals surface area contributed by atoms with Gasteiger partial charge in [-0.15, -0.1) is 0 Å².